The molecule has 1 saturated heterocycles. The molecule has 2 atom stereocenters. The SMILES string of the molecule is N#Cc1ccc(CO[C@H]2CN[C@@H](C(=O)Nc3ccc(C#N)cc3)C2)cc1. The number of rotatable bonds is 5. The smallest absolute Gasteiger partial charge is 0.241 e. The van der Waals surface area contributed by atoms with Crippen molar-refractivity contribution in [2.75, 3.05) is 11.9 Å². The first-order chi connectivity index (χ1) is 12.7. The summed E-state index contributed by atoms with van der Waals surface area (Å²) < 4.78 is 5.86. The number of carbonyl (C=O) groups is 1. The summed E-state index contributed by atoms with van der Waals surface area (Å²) >= 11 is 0. The van der Waals surface area contributed by atoms with Crippen LogP contribution in [0.5, 0.6) is 0 Å². The minimum Gasteiger partial charge on any atom is -0.372 e. The van der Waals surface area contributed by atoms with E-state index in [2.05, 4.69) is 16.7 Å². The van der Waals surface area contributed by atoms with E-state index in [0.29, 0.717) is 36.4 Å². The Hall–Kier alpha value is -3.19. The van der Waals surface area contributed by atoms with Gasteiger partial charge in [0.2, 0.25) is 5.91 Å². The van der Waals surface area contributed by atoms with Crippen molar-refractivity contribution in [1.82, 2.24) is 5.32 Å². The van der Waals surface area contributed by atoms with Crippen LogP contribution in [0.25, 0.3) is 0 Å². The van der Waals surface area contributed by atoms with Crippen molar-refractivity contribution in [3.8, 4) is 12.1 Å². The molecule has 0 radical (unpaired) electrons. The van der Waals surface area contributed by atoms with Crippen LogP contribution in [0.1, 0.15) is 23.1 Å². The van der Waals surface area contributed by atoms with Gasteiger partial charge in [-0.15, -0.1) is 0 Å². The van der Waals surface area contributed by atoms with Gasteiger partial charge in [-0.05, 0) is 48.4 Å². The van der Waals surface area contributed by atoms with E-state index in [0.717, 1.165) is 5.56 Å². The maximum absolute atomic E-state index is 12.3. The summed E-state index contributed by atoms with van der Waals surface area (Å²) in [4.78, 5) is 12.3. The number of carbonyl (C=O) groups excluding carboxylic acids is 1. The highest BCUT2D eigenvalue weighted by molar-refractivity contribution is 5.95. The second-order valence-electron chi connectivity index (χ2n) is 6.12. The van der Waals surface area contributed by atoms with E-state index in [9.17, 15) is 4.79 Å². The third-order valence-electron chi connectivity index (χ3n) is 4.26. The summed E-state index contributed by atoms with van der Waals surface area (Å²) in [7, 11) is 0. The first-order valence-electron chi connectivity index (χ1n) is 8.33. The van der Waals surface area contributed by atoms with Gasteiger partial charge in [0.1, 0.15) is 0 Å². The normalized spacial score (nSPS) is 18.7. The lowest BCUT2D eigenvalue weighted by Crippen LogP contribution is -2.35. The van der Waals surface area contributed by atoms with E-state index < -0.39 is 0 Å². The second-order valence-corrected chi connectivity index (χ2v) is 6.12. The number of amides is 1. The minimum absolute atomic E-state index is 0.0395. The quantitative estimate of drug-likeness (QED) is 0.866. The van der Waals surface area contributed by atoms with Crippen molar-refractivity contribution < 1.29 is 9.53 Å². The largest absolute Gasteiger partial charge is 0.372 e. The Morgan fingerprint density at radius 1 is 1.08 bits per heavy atom. The molecule has 130 valence electrons. The van der Waals surface area contributed by atoms with E-state index >= 15 is 0 Å². The number of nitrogens with zero attached hydrogens (tertiary/aromatic N) is 2. The van der Waals surface area contributed by atoms with Crippen molar-refractivity contribution in [1.29, 1.82) is 10.5 Å². The predicted molar refractivity (Wildman–Crippen MR) is 95.9 cm³/mol. The number of ether oxygens (including phenoxy) is 1. The maximum atomic E-state index is 12.3. The molecule has 1 amide bonds. The van der Waals surface area contributed by atoms with Gasteiger partial charge < -0.3 is 15.4 Å². The van der Waals surface area contributed by atoms with Crippen LogP contribution in [0.4, 0.5) is 5.69 Å². The molecule has 0 bridgehead atoms. The second kappa shape index (κ2) is 8.26. The molecule has 0 aromatic heterocycles. The van der Waals surface area contributed by atoms with Gasteiger partial charge in [-0.1, -0.05) is 12.1 Å². The Bertz CT molecular complexity index is 847. The molecule has 1 fully saturated rings. The van der Waals surface area contributed by atoms with E-state index in [-0.39, 0.29) is 18.1 Å². The van der Waals surface area contributed by atoms with Crippen LogP contribution >= 0.6 is 0 Å². The molecule has 0 saturated carbocycles. The van der Waals surface area contributed by atoms with Crippen molar-refractivity contribution in [3.05, 3.63) is 65.2 Å². The van der Waals surface area contributed by atoms with Crippen molar-refractivity contribution in [2.24, 2.45) is 0 Å². The van der Waals surface area contributed by atoms with E-state index in [4.69, 9.17) is 15.3 Å². The molecular weight excluding hydrogens is 328 g/mol. The topological polar surface area (TPSA) is 97.9 Å². The van der Waals surface area contributed by atoms with Gasteiger partial charge in [-0.25, -0.2) is 0 Å². The molecule has 1 aliphatic rings. The molecule has 6 nitrogen and oxygen atoms in total. The highest BCUT2D eigenvalue weighted by Gasteiger charge is 2.30. The lowest BCUT2D eigenvalue weighted by Gasteiger charge is -2.12. The van der Waals surface area contributed by atoms with Gasteiger partial charge in [0.05, 0.1) is 42.0 Å². The molecule has 26 heavy (non-hydrogen) atoms. The zero-order valence-electron chi connectivity index (χ0n) is 14.1. The van der Waals surface area contributed by atoms with Gasteiger partial charge >= 0.3 is 0 Å². The fraction of sp³-hybridized carbons (Fsp3) is 0.250. The maximum Gasteiger partial charge on any atom is 0.241 e. The predicted octanol–water partition coefficient (Wildman–Crippen LogP) is 2.32. The van der Waals surface area contributed by atoms with Crippen LogP contribution in [-0.2, 0) is 16.1 Å². The van der Waals surface area contributed by atoms with Gasteiger partial charge in [-0.3, -0.25) is 4.79 Å². The highest BCUT2D eigenvalue weighted by atomic mass is 16.5. The fourth-order valence-corrected chi connectivity index (χ4v) is 2.78. The fourth-order valence-electron chi connectivity index (χ4n) is 2.78. The molecule has 2 N–H and O–H groups in total. The third kappa shape index (κ3) is 4.46. The summed E-state index contributed by atoms with van der Waals surface area (Å²) in [5.41, 5.74) is 2.83. The zero-order chi connectivity index (χ0) is 18.4. The Morgan fingerprint density at radius 2 is 1.69 bits per heavy atom. The van der Waals surface area contributed by atoms with E-state index in [1.165, 1.54) is 0 Å². The molecule has 0 unspecified atom stereocenters. The number of nitriles is 2. The molecule has 1 heterocycles. The average Bonchev–Trinajstić information content (AvgIpc) is 3.16. The van der Waals surface area contributed by atoms with Gasteiger partial charge in [0, 0.05) is 12.2 Å². The first kappa shape index (κ1) is 17.6. The summed E-state index contributed by atoms with van der Waals surface area (Å²) in [6, 6.07) is 17.9. The summed E-state index contributed by atoms with van der Waals surface area (Å²) in [5, 5.41) is 23.6. The Morgan fingerprint density at radius 3 is 2.31 bits per heavy atom. The zero-order valence-corrected chi connectivity index (χ0v) is 14.1. The van der Waals surface area contributed by atoms with E-state index in [1.807, 2.05) is 18.2 Å². The minimum atomic E-state index is -0.309. The van der Waals surface area contributed by atoms with Crippen LogP contribution in [-0.4, -0.2) is 24.6 Å². The number of nitrogens with one attached hydrogen (secondary N) is 2. The molecule has 6 heteroatoms. The van der Waals surface area contributed by atoms with Gasteiger partial charge in [0.25, 0.3) is 0 Å². The lowest BCUT2D eigenvalue weighted by molar-refractivity contribution is -0.118. The Labute approximate surface area is 152 Å². The molecule has 0 aliphatic carbocycles. The monoisotopic (exact) mass is 346 g/mol. The lowest BCUT2D eigenvalue weighted by atomic mass is 10.1. The summed E-state index contributed by atoms with van der Waals surface area (Å²) in [6.07, 6.45) is 0.556. The van der Waals surface area contributed by atoms with Crippen molar-refractivity contribution in [2.45, 2.75) is 25.2 Å². The molecular formula is C20H18N4O2. The average molecular weight is 346 g/mol. The number of anilines is 1. The standard InChI is InChI=1S/C20H18N4O2/c21-10-14-1-3-16(4-2-14)13-26-18-9-19(23-12-18)20(25)24-17-7-5-15(11-22)6-8-17/h1-8,18-19,23H,9,12-13H2,(H,24,25)/t18-,19-/m1/s1. The van der Waals surface area contributed by atoms with Crippen molar-refractivity contribution in [3.63, 3.8) is 0 Å². The van der Waals surface area contributed by atoms with Crippen LogP contribution in [0.2, 0.25) is 0 Å². The number of hydrogen-bond acceptors (Lipinski definition) is 5. The van der Waals surface area contributed by atoms with Gasteiger partial charge in [0.15, 0.2) is 0 Å². The molecule has 2 aromatic carbocycles. The van der Waals surface area contributed by atoms with Crippen molar-refractivity contribution >= 4 is 11.6 Å². The number of hydrogen-bond donors (Lipinski definition) is 2. The van der Waals surface area contributed by atoms with E-state index in [1.54, 1.807) is 36.4 Å². The first-order valence-corrected chi connectivity index (χ1v) is 8.33. The third-order valence-corrected chi connectivity index (χ3v) is 4.26. The molecule has 1 aliphatic heterocycles. The molecule has 0 spiro atoms. The highest BCUT2D eigenvalue weighted by Crippen LogP contribution is 2.16. The van der Waals surface area contributed by atoms with Crippen LogP contribution in [0.15, 0.2) is 48.5 Å². The summed E-state index contributed by atoms with van der Waals surface area (Å²) in [6.45, 7) is 1.06. The molecule has 2 aromatic rings. The van der Waals surface area contributed by atoms with Gasteiger partial charge in [-0.2, -0.15) is 10.5 Å². The van der Waals surface area contributed by atoms with Crippen LogP contribution in [0, 0.1) is 22.7 Å². The number of benzene rings is 2. The molecule has 3 rings (SSSR count). The Kier molecular flexibility index (Phi) is 5.60. The van der Waals surface area contributed by atoms with Crippen LogP contribution < -0.4 is 10.6 Å². The Balaban J connectivity index is 1.47. The van der Waals surface area contributed by atoms with Crippen LogP contribution in [0.3, 0.4) is 0 Å². The summed E-state index contributed by atoms with van der Waals surface area (Å²) in [5.74, 6) is -0.112.